The maximum atomic E-state index is 5.04. The molecule has 6 heteroatoms. The molecule has 0 aromatic carbocycles. The van der Waals surface area contributed by atoms with Crippen LogP contribution in [-0.4, -0.2) is 26.5 Å². The summed E-state index contributed by atoms with van der Waals surface area (Å²) in [5.41, 5.74) is 1.16. The lowest BCUT2D eigenvalue weighted by Crippen LogP contribution is -2.23. The highest BCUT2D eigenvalue weighted by Crippen LogP contribution is 2.09. The lowest BCUT2D eigenvalue weighted by molar-refractivity contribution is 0.369. The van der Waals surface area contributed by atoms with Crippen molar-refractivity contribution in [2.75, 3.05) is 6.54 Å². The molecular weight excluding hydrogens is 218 g/mol. The molecule has 0 aliphatic carbocycles. The van der Waals surface area contributed by atoms with Crippen molar-refractivity contribution in [2.45, 2.75) is 26.3 Å². The Morgan fingerprint density at radius 1 is 1.53 bits per heavy atom. The minimum atomic E-state index is 0.256. The molecule has 0 radical (unpaired) electrons. The Kier molecular flexibility index (Phi) is 3.53. The van der Waals surface area contributed by atoms with Crippen LogP contribution in [0.25, 0.3) is 0 Å². The zero-order chi connectivity index (χ0) is 12.3. The molecule has 2 heterocycles. The molecule has 1 N–H and O–H groups in total. The summed E-state index contributed by atoms with van der Waals surface area (Å²) >= 11 is 0. The van der Waals surface area contributed by atoms with Gasteiger partial charge in [-0.1, -0.05) is 5.16 Å². The highest BCUT2D eigenvalue weighted by molar-refractivity contribution is 5.05. The largest absolute Gasteiger partial charge is 0.339 e. The maximum absolute atomic E-state index is 5.04. The van der Waals surface area contributed by atoms with Crippen LogP contribution < -0.4 is 5.32 Å². The van der Waals surface area contributed by atoms with Gasteiger partial charge in [-0.15, -0.1) is 0 Å². The quantitative estimate of drug-likeness (QED) is 0.837. The Morgan fingerprint density at radius 2 is 2.35 bits per heavy atom. The van der Waals surface area contributed by atoms with Gasteiger partial charge in [-0.25, -0.2) is 0 Å². The molecule has 2 aromatic rings. The molecule has 0 aliphatic rings. The Labute approximate surface area is 100 Å². The van der Waals surface area contributed by atoms with Crippen LogP contribution >= 0.6 is 0 Å². The second kappa shape index (κ2) is 5.09. The second-order valence-corrected chi connectivity index (χ2v) is 4.04. The van der Waals surface area contributed by atoms with E-state index in [0.717, 1.165) is 18.7 Å². The number of nitrogens with one attached hydrogen (secondary N) is 1. The Balaban J connectivity index is 1.81. The average molecular weight is 235 g/mol. The number of aromatic nitrogens is 4. The van der Waals surface area contributed by atoms with E-state index in [2.05, 4.69) is 27.5 Å². The van der Waals surface area contributed by atoms with Gasteiger partial charge in [0.2, 0.25) is 5.89 Å². The van der Waals surface area contributed by atoms with Crippen molar-refractivity contribution in [3.63, 3.8) is 0 Å². The van der Waals surface area contributed by atoms with Crippen LogP contribution in [0, 0.1) is 6.92 Å². The summed E-state index contributed by atoms with van der Waals surface area (Å²) in [6.07, 6.45) is 2.54. The van der Waals surface area contributed by atoms with Crippen molar-refractivity contribution in [1.29, 1.82) is 0 Å². The molecule has 2 rings (SSSR count). The predicted molar refractivity (Wildman–Crippen MR) is 62.4 cm³/mol. The normalized spacial score (nSPS) is 12.9. The van der Waals surface area contributed by atoms with E-state index in [1.165, 1.54) is 0 Å². The molecule has 0 spiro atoms. The number of rotatable bonds is 5. The fraction of sp³-hybridized carbons (Fsp3) is 0.545. The summed E-state index contributed by atoms with van der Waals surface area (Å²) in [5.74, 6) is 1.35. The van der Waals surface area contributed by atoms with E-state index < -0.39 is 0 Å². The third kappa shape index (κ3) is 2.91. The zero-order valence-corrected chi connectivity index (χ0v) is 10.3. The first-order valence-electron chi connectivity index (χ1n) is 5.67. The van der Waals surface area contributed by atoms with Gasteiger partial charge in [-0.3, -0.25) is 4.68 Å². The van der Waals surface area contributed by atoms with Gasteiger partial charge in [0.25, 0.3) is 0 Å². The lowest BCUT2D eigenvalue weighted by atomic mass is 10.2. The molecule has 0 bridgehead atoms. The summed E-state index contributed by atoms with van der Waals surface area (Å²) in [4.78, 5) is 4.15. The van der Waals surface area contributed by atoms with E-state index in [1.54, 1.807) is 6.20 Å². The van der Waals surface area contributed by atoms with Crippen LogP contribution in [0.15, 0.2) is 16.8 Å². The fourth-order valence-corrected chi connectivity index (χ4v) is 1.75. The van der Waals surface area contributed by atoms with Crippen molar-refractivity contribution in [3.8, 4) is 0 Å². The fourth-order valence-electron chi connectivity index (χ4n) is 1.75. The van der Waals surface area contributed by atoms with Gasteiger partial charge in [-0.2, -0.15) is 10.1 Å². The van der Waals surface area contributed by atoms with E-state index in [0.29, 0.717) is 11.7 Å². The summed E-state index contributed by atoms with van der Waals surface area (Å²) in [5, 5.41) is 11.3. The summed E-state index contributed by atoms with van der Waals surface area (Å²) < 4.78 is 6.91. The van der Waals surface area contributed by atoms with E-state index in [1.807, 2.05) is 24.7 Å². The SMILES string of the molecule is Cc1noc(CCNC(C)c2ccnn2C)n1. The number of hydrogen-bond acceptors (Lipinski definition) is 5. The van der Waals surface area contributed by atoms with E-state index in [9.17, 15) is 0 Å². The average Bonchev–Trinajstić information content (AvgIpc) is 2.87. The van der Waals surface area contributed by atoms with Crippen molar-refractivity contribution in [3.05, 3.63) is 29.7 Å². The minimum absolute atomic E-state index is 0.256. The molecule has 0 amide bonds. The van der Waals surface area contributed by atoms with E-state index in [4.69, 9.17) is 4.52 Å². The maximum Gasteiger partial charge on any atom is 0.227 e. The highest BCUT2D eigenvalue weighted by Gasteiger charge is 2.09. The lowest BCUT2D eigenvalue weighted by Gasteiger charge is -2.13. The first kappa shape index (κ1) is 11.8. The summed E-state index contributed by atoms with van der Waals surface area (Å²) in [6.45, 7) is 4.72. The standard InChI is InChI=1S/C11H17N5O/c1-8(10-4-7-13-16(10)3)12-6-5-11-14-9(2)15-17-11/h4,7-8,12H,5-6H2,1-3H3. The van der Waals surface area contributed by atoms with Crippen LogP contribution in [0.3, 0.4) is 0 Å². The number of hydrogen-bond donors (Lipinski definition) is 1. The third-order valence-electron chi connectivity index (χ3n) is 2.66. The summed E-state index contributed by atoms with van der Waals surface area (Å²) in [6, 6.07) is 2.26. The van der Waals surface area contributed by atoms with Gasteiger partial charge >= 0.3 is 0 Å². The second-order valence-electron chi connectivity index (χ2n) is 4.04. The molecule has 92 valence electrons. The first-order valence-corrected chi connectivity index (χ1v) is 5.67. The number of nitrogens with zero attached hydrogens (tertiary/aromatic N) is 4. The Morgan fingerprint density at radius 3 is 2.94 bits per heavy atom. The number of aryl methyl sites for hydroxylation is 2. The third-order valence-corrected chi connectivity index (χ3v) is 2.66. The molecular formula is C11H17N5O. The van der Waals surface area contributed by atoms with E-state index >= 15 is 0 Å². The van der Waals surface area contributed by atoms with E-state index in [-0.39, 0.29) is 6.04 Å². The highest BCUT2D eigenvalue weighted by atomic mass is 16.5. The van der Waals surface area contributed by atoms with Crippen LogP contribution in [0.4, 0.5) is 0 Å². The van der Waals surface area contributed by atoms with Crippen LogP contribution in [0.5, 0.6) is 0 Å². The Bertz CT molecular complexity index is 476. The minimum Gasteiger partial charge on any atom is -0.339 e. The smallest absolute Gasteiger partial charge is 0.227 e. The van der Waals surface area contributed by atoms with Crippen LogP contribution in [0.1, 0.15) is 30.4 Å². The van der Waals surface area contributed by atoms with Crippen molar-refractivity contribution >= 4 is 0 Å². The molecule has 0 saturated heterocycles. The van der Waals surface area contributed by atoms with Crippen molar-refractivity contribution < 1.29 is 4.52 Å². The van der Waals surface area contributed by atoms with Gasteiger partial charge in [-0.05, 0) is 19.9 Å². The monoisotopic (exact) mass is 235 g/mol. The molecule has 1 unspecified atom stereocenters. The molecule has 0 aliphatic heterocycles. The first-order chi connectivity index (χ1) is 8.16. The van der Waals surface area contributed by atoms with Gasteiger partial charge < -0.3 is 9.84 Å². The topological polar surface area (TPSA) is 68.8 Å². The van der Waals surface area contributed by atoms with Gasteiger partial charge in [0.15, 0.2) is 5.82 Å². The van der Waals surface area contributed by atoms with Gasteiger partial charge in [0, 0.05) is 32.3 Å². The predicted octanol–water partition coefficient (Wildman–Crippen LogP) is 1.00. The Hall–Kier alpha value is -1.69. The van der Waals surface area contributed by atoms with Gasteiger partial charge in [0.1, 0.15) is 0 Å². The summed E-state index contributed by atoms with van der Waals surface area (Å²) in [7, 11) is 1.94. The zero-order valence-electron chi connectivity index (χ0n) is 10.3. The molecule has 2 aromatic heterocycles. The van der Waals surface area contributed by atoms with Crippen molar-refractivity contribution in [2.24, 2.45) is 7.05 Å². The molecule has 0 saturated carbocycles. The van der Waals surface area contributed by atoms with Crippen LogP contribution in [0.2, 0.25) is 0 Å². The molecule has 0 fully saturated rings. The molecule has 6 nitrogen and oxygen atoms in total. The molecule has 1 atom stereocenters. The van der Waals surface area contributed by atoms with Gasteiger partial charge in [0.05, 0.1) is 5.69 Å². The molecule has 17 heavy (non-hydrogen) atoms. The van der Waals surface area contributed by atoms with Crippen LogP contribution in [-0.2, 0) is 13.5 Å². The van der Waals surface area contributed by atoms with Crippen molar-refractivity contribution in [1.82, 2.24) is 25.2 Å².